The van der Waals surface area contributed by atoms with Crippen LogP contribution in [-0.4, -0.2) is 28.1 Å². The van der Waals surface area contributed by atoms with Crippen LogP contribution in [-0.2, 0) is 11.2 Å². The van der Waals surface area contributed by atoms with E-state index in [-0.39, 0.29) is 5.69 Å². The molecular weight excluding hydrogens is 254 g/mol. The number of hydrogen-bond donors (Lipinski definition) is 1. The summed E-state index contributed by atoms with van der Waals surface area (Å²) >= 11 is 0. The molecule has 0 aliphatic heterocycles. The zero-order valence-electron chi connectivity index (χ0n) is 9.09. The standard InChI is InChI=1S/C9H8F2N2O5/c1-18-8-4(2-6(14)15)12-3-5(13(16)17)7(8)9(10)11/h3,9H,2H2,1H3,(H,14,15). The molecule has 0 spiro atoms. The van der Waals surface area contributed by atoms with Gasteiger partial charge in [0.15, 0.2) is 5.75 Å². The maximum Gasteiger partial charge on any atom is 0.309 e. The van der Waals surface area contributed by atoms with Crippen molar-refractivity contribution in [3.8, 4) is 5.75 Å². The summed E-state index contributed by atoms with van der Waals surface area (Å²) in [6.45, 7) is 0. The van der Waals surface area contributed by atoms with Gasteiger partial charge in [-0.3, -0.25) is 14.9 Å². The van der Waals surface area contributed by atoms with Crippen molar-refractivity contribution >= 4 is 11.7 Å². The number of nitro groups is 1. The second-order valence-electron chi connectivity index (χ2n) is 3.17. The molecule has 1 N–H and O–H groups in total. The van der Waals surface area contributed by atoms with Crippen molar-refractivity contribution in [1.29, 1.82) is 0 Å². The number of carboxylic acids is 1. The van der Waals surface area contributed by atoms with Crippen LogP contribution < -0.4 is 4.74 Å². The van der Waals surface area contributed by atoms with Crippen LogP contribution >= 0.6 is 0 Å². The lowest BCUT2D eigenvalue weighted by Crippen LogP contribution is -2.09. The normalized spacial score (nSPS) is 10.4. The summed E-state index contributed by atoms with van der Waals surface area (Å²) in [4.78, 5) is 23.6. The summed E-state index contributed by atoms with van der Waals surface area (Å²) in [7, 11) is 1.01. The fourth-order valence-corrected chi connectivity index (χ4v) is 1.39. The van der Waals surface area contributed by atoms with E-state index in [0.717, 1.165) is 7.11 Å². The lowest BCUT2D eigenvalue weighted by atomic mass is 10.1. The summed E-state index contributed by atoms with van der Waals surface area (Å²) in [5.74, 6) is -1.88. The number of ether oxygens (including phenoxy) is 1. The van der Waals surface area contributed by atoms with Gasteiger partial charge < -0.3 is 9.84 Å². The van der Waals surface area contributed by atoms with E-state index in [0.29, 0.717) is 6.20 Å². The molecule has 0 aliphatic rings. The minimum atomic E-state index is -3.17. The van der Waals surface area contributed by atoms with Crippen molar-refractivity contribution in [3.05, 3.63) is 27.6 Å². The Morgan fingerprint density at radius 2 is 2.28 bits per heavy atom. The Morgan fingerprint density at radius 1 is 1.67 bits per heavy atom. The van der Waals surface area contributed by atoms with Crippen molar-refractivity contribution in [2.75, 3.05) is 7.11 Å². The van der Waals surface area contributed by atoms with Crippen LogP contribution in [0.1, 0.15) is 17.7 Å². The third kappa shape index (κ3) is 2.67. The molecule has 98 valence electrons. The molecule has 0 unspecified atom stereocenters. The summed E-state index contributed by atoms with van der Waals surface area (Å²) in [6.07, 6.45) is -3.24. The quantitative estimate of drug-likeness (QED) is 0.638. The number of rotatable bonds is 5. The highest BCUT2D eigenvalue weighted by Crippen LogP contribution is 2.38. The Morgan fingerprint density at radius 3 is 2.67 bits per heavy atom. The molecule has 0 radical (unpaired) electrons. The van der Waals surface area contributed by atoms with E-state index in [1.54, 1.807) is 0 Å². The van der Waals surface area contributed by atoms with E-state index in [4.69, 9.17) is 5.11 Å². The molecule has 0 aromatic carbocycles. The highest BCUT2D eigenvalue weighted by molar-refractivity contribution is 5.71. The summed E-state index contributed by atoms with van der Waals surface area (Å²) < 4.78 is 30.2. The fourth-order valence-electron chi connectivity index (χ4n) is 1.39. The monoisotopic (exact) mass is 262 g/mol. The van der Waals surface area contributed by atoms with Crippen molar-refractivity contribution < 1.29 is 28.3 Å². The van der Waals surface area contributed by atoms with Crippen molar-refractivity contribution in [1.82, 2.24) is 4.98 Å². The minimum Gasteiger partial charge on any atom is -0.494 e. The third-order valence-corrected chi connectivity index (χ3v) is 2.06. The molecule has 9 heteroatoms. The topological polar surface area (TPSA) is 103 Å². The molecule has 0 bridgehead atoms. The zero-order chi connectivity index (χ0) is 13.9. The van der Waals surface area contributed by atoms with Crippen LogP contribution in [0.15, 0.2) is 6.20 Å². The van der Waals surface area contributed by atoms with E-state index < -0.39 is 40.7 Å². The summed E-state index contributed by atoms with van der Waals surface area (Å²) in [5.41, 5.74) is -2.16. The molecule has 1 heterocycles. The van der Waals surface area contributed by atoms with Crippen LogP contribution in [0.5, 0.6) is 5.75 Å². The van der Waals surface area contributed by atoms with Gasteiger partial charge in [0.05, 0.1) is 24.1 Å². The zero-order valence-corrected chi connectivity index (χ0v) is 9.09. The fraction of sp³-hybridized carbons (Fsp3) is 0.333. The van der Waals surface area contributed by atoms with Gasteiger partial charge in [0.1, 0.15) is 11.8 Å². The van der Waals surface area contributed by atoms with Gasteiger partial charge in [0.2, 0.25) is 0 Å². The van der Waals surface area contributed by atoms with Gasteiger partial charge in [-0.2, -0.15) is 0 Å². The Labute approximate surface area is 99.2 Å². The van der Waals surface area contributed by atoms with Crippen molar-refractivity contribution in [2.45, 2.75) is 12.8 Å². The third-order valence-electron chi connectivity index (χ3n) is 2.06. The second-order valence-corrected chi connectivity index (χ2v) is 3.17. The molecule has 1 aromatic rings. The van der Waals surface area contributed by atoms with Crippen LogP contribution in [0.25, 0.3) is 0 Å². The molecule has 1 aromatic heterocycles. The molecule has 18 heavy (non-hydrogen) atoms. The number of pyridine rings is 1. The number of alkyl halides is 2. The first-order valence-corrected chi connectivity index (χ1v) is 4.58. The van der Waals surface area contributed by atoms with Gasteiger partial charge in [0.25, 0.3) is 12.1 Å². The molecule has 0 aliphatic carbocycles. The Bertz CT molecular complexity index is 492. The lowest BCUT2D eigenvalue weighted by Gasteiger charge is -2.11. The van der Waals surface area contributed by atoms with E-state index in [1.807, 2.05) is 0 Å². The number of hydrogen-bond acceptors (Lipinski definition) is 5. The minimum absolute atomic E-state index is 0.286. The van der Waals surface area contributed by atoms with Crippen LogP contribution in [0.3, 0.4) is 0 Å². The van der Waals surface area contributed by atoms with E-state index in [9.17, 15) is 23.7 Å². The molecule has 0 amide bonds. The van der Waals surface area contributed by atoms with Gasteiger partial charge in [-0.25, -0.2) is 13.8 Å². The number of aromatic nitrogens is 1. The van der Waals surface area contributed by atoms with Crippen molar-refractivity contribution in [2.24, 2.45) is 0 Å². The Kier molecular flexibility index (Phi) is 4.08. The van der Waals surface area contributed by atoms with Gasteiger partial charge >= 0.3 is 5.97 Å². The average Bonchev–Trinajstić information content (AvgIpc) is 2.26. The number of methoxy groups -OCH3 is 1. The van der Waals surface area contributed by atoms with Gasteiger partial charge in [0, 0.05) is 0 Å². The molecule has 7 nitrogen and oxygen atoms in total. The predicted molar refractivity (Wildman–Crippen MR) is 53.7 cm³/mol. The molecule has 0 fully saturated rings. The van der Waals surface area contributed by atoms with E-state index >= 15 is 0 Å². The first kappa shape index (κ1) is 13.7. The van der Waals surface area contributed by atoms with Crippen LogP contribution in [0.2, 0.25) is 0 Å². The number of nitrogens with zero attached hydrogens (tertiary/aromatic N) is 2. The Balaban J connectivity index is 3.47. The molecule has 0 saturated heterocycles. The second kappa shape index (κ2) is 5.34. The first-order chi connectivity index (χ1) is 8.38. The van der Waals surface area contributed by atoms with Gasteiger partial charge in [-0.1, -0.05) is 0 Å². The van der Waals surface area contributed by atoms with Gasteiger partial charge in [-0.05, 0) is 0 Å². The maximum atomic E-state index is 12.8. The SMILES string of the molecule is COc1c(CC(=O)O)ncc([N+](=O)[O-])c1C(F)F. The van der Waals surface area contributed by atoms with Crippen LogP contribution in [0.4, 0.5) is 14.5 Å². The first-order valence-electron chi connectivity index (χ1n) is 4.58. The maximum absolute atomic E-state index is 12.8. The lowest BCUT2D eigenvalue weighted by molar-refractivity contribution is -0.386. The average molecular weight is 262 g/mol. The molecule has 0 saturated carbocycles. The van der Waals surface area contributed by atoms with Gasteiger partial charge in [-0.15, -0.1) is 0 Å². The highest BCUT2D eigenvalue weighted by Gasteiger charge is 2.30. The number of halogens is 2. The van der Waals surface area contributed by atoms with Crippen molar-refractivity contribution in [3.63, 3.8) is 0 Å². The van der Waals surface area contributed by atoms with E-state index in [2.05, 4.69) is 9.72 Å². The summed E-state index contributed by atoms with van der Waals surface area (Å²) in [6, 6.07) is 0. The number of carbonyl (C=O) groups is 1. The van der Waals surface area contributed by atoms with Crippen LogP contribution in [0, 0.1) is 10.1 Å². The Hall–Kier alpha value is -2.32. The molecular formula is C9H8F2N2O5. The molecule has 0 atom stereocenters. The smallest absolute Gasteiger partial charge is 0.309 e. The van der Waals surface area contributed by atoms with E-state index in [1.165, 1.54) is 0 Å². The summed E-state index contributed by atoms with van der Waals surface area (Å²) in [5, 5.41) is 19.2. The number of aliphatic carboxylic acids is 1. The largest absolute Gasteiger partial charge is 0.494 e. The molecule has 1 rings (SSSR count). The number of carboxylic acid groups (broad SMARTS) is 1. The highest BCUT2D eigenvalue weighted by atomic mass is 19.3. The predicted octanol–water partition coefficient (Wildman–Crippen LogP) is 1.56.